The second kappa shape index (κ2) is 14.0. The summed E-state index contributed by atoms with van der Waals surface area (Å²) in [5, 5.41) is 19.3. The number of hydrogen-bond acceptors (Lipinski definition) is 4. The molecule has 4 rings (SSSR count). The van der Waals surface area contributed by atoms with Gasteiger partial charge in [0, 0.05) is 24.1 Å². The van der Waals surface area contributed by atoms with E-state index in [2.05, 4.69) is 0 Å². The van der Waals surface area contributed by atoms with Gasteiger partial charge < -0.3 is 24.3 Å². The van der Waals surface area contributed by atoms with Crippen LogP contribution in [0.3, 0.4) is 0 Å². The number of fused-ring (bicyclic) bond motifs is 1. The second-order valence-electron chi connectivity index (χ2n) is 9.43. The van der Waals surface area contributed by atoms with Gasteiger partial charge in [0.1, 0.15) is 23.9 Å². The molecule has 0 aliphatic rings. The lowest BCUT2D eigenvalue weighted by Crippen LogP contribution is -2.07. The predicted molar refractivity (Wildman–Crippen MR) is 152 cm³/mol. The molecule has 0 bridgehead atoms. The molecule has 0 atom stereocenters. The molecule has 8 heteroatoms. The molecule has 40 heavy (non-hydrogen) atoms. The minimum Gasteiger partial charge on any atom is -0.494 e. The maximum absolute atomic E-state index is 13.2. The Morgan fingerprint density at radius 2 is 1.55 bits per heavy atom. The highest BCUT2D eigenvalue weighted by atomic mass is 19.1. The number of rotatable bonds is 15. The van der Waals surface area contributed by atoms with E-state index in [0.717, 1.165) is 46.2 Å². The average Bonchev–Trinajstić information content (AvgIpc) is 3.27. The normalized spacial score (nSPS) is 11.2. The molecule has 0 radical (unpaired) electrons. The lowest BCUT2D eigenvalue weighted by atomic mass is 10.0. The number of hydrogen-bond donors (Lipinski definition) is 2. The smallest absolute Gasteiger partial charge is 0.323 e. The van der Waals surface area contributed by atoms with Crippen LogP contribution in [-0.4, -0.2) is 39.9 Å². The minimum atomic E-state index is -0.942. The van der Waals surface area contributed by atoms with Crippen molar-refractivity contribution < 1.29 is 33.7 Å². The van der Waals surface area contributed by atoms with Crippen molar-refractivity contribution in [2.45, 2.75) is 38.6 Å². The van der Waals surface area contributed by atoms with Crippen LogP contribution in [0.1, 0.15) is 42.4 Å². The lowest BCUT2D eigenvalue weighted by molar-refractivity contribution is -0.138. The number of unbranched alkanes of at least 4 members (excludes halogenated alkanes) is 1. The molecule has 0 unspecified atom stereocenters. The van der Waals surface area contributed by atoms with Crippen LogP contribution < -0.4 is 9.47 Å². The Kier molecular flexibility index (Phi) is 9.93. The first kappa shape index (κ1) is 28.4. The highest BCUT2D eigenvalue weighted by molar-refractivity contribution is 5.94. The van der Waals surface area contributed by atoms with Crippen molar-refractivity contribution in [3.05, 3.63) is 95.4 Å². The fraction of sp³-hybridized carbons (Fsp3) is 0.250. The fourth-order valence-corrected chi connectivity index (χ4v) is 4.50. The Balaban J connectivity index is 1.34. The Labute approximate surface area is 232 Å². The molecule has 7 nitrogen and oxygen atoms in total. The lowest BCUT2D eigenvalue weighted by Gasteiger charge is -2.08. The summed E-state index contributed by atoms with van der Waals surface area (Å²) in [5.41, 5.74) is 3.59. The zero-order chi connectivity index (χ0) is 28.3. The molecule has 2 N–H and O–H groups in total. The van der Waals surface area contributed by atoms with Gasteiger partial charge in [-0.1, -0.05) is 48.6 Å². The van der Waals surface area contributed by atoms with Crippen molar-refractivity contribution in [3.63, 3.8) is 0 Å². The summed E-state index contributed by atoms with van der Waals surface area (Å²) >= 11 is 0. The second-order valence-corrected chi connectivity index (χ2v) is 9.43. The number of ether oxygens (including phenoxy) is 2. The van der Waals surface area contributed by atoms with Crippen LogP contribution >= 0.6 is 0 Å². The number of carbonyl (C=O) groups is 2. The third-order valence-electron chi connectivity index (χ3n) is 6.36. The van der Waals surface area contributed by atoms with Crippen LogP contribution in [0, 0.1) is 5.82 Å². The van der Waals surface area contributed by atoms with Crippen LogP contribution in [0.5, 0.6) is 11.5 Å². The molecular weight excluding hydrogens is 513 g/mol. The number of nitrogens with zero attached hydrogens (tertiary/aromatic N) is 1. The maximum atomic E-state index is 13.2. The van der Waals surface area contributed by atoms with Crippen LogP contribution in [0.15, 0.2) is 72.9 Å². The van der Waals surface area contributed by atoms with Gasteiger partial charge in [0.05, 0.1) is 18.7 Å². The number of para-hydroxylation sites is 1. The first-order valence-electron chi connectivity index (χ1n) is 13.2. The Morgan fingerprint density at radius 1 is 0.825 bits per heavy atom. The van der Waals surface area contributed by atoms with E-state index in [0.29, 0.717) is 31.8 Å². The molecule has 1 heterocycles. The number of carboxylic acids is 2. The molecule has 0 aliphatic carbocycles. The van der Waals surface area contributed by atoms with E-state index in [1.54, 1.807) is 16.7 Å². The Morgan fingerprint density at radius 3 is 2.25 bits per heavy atom. The van der Waals surface area contributed by atoms with Gasteiger partial charge in [0.25, 0.3) is 0 Å². The number of carboxylic acid groups (broad SMARTS) is 2. The van der Waals surface area contributed by atoms with Crippen molar-refractivity contribution in [1.82, 2.24) is 4.57 Å². The van der Waals surface area contributed by atoms with Gasteiger partial charge in [-0.2, -0.15) is 0 Å². The van der Waals surface area contributed by atoms with E-state index in [1.165, 1.54) is 12.1 Å². The number of aryl methyl sites for hydroxylation is 1. The SMILES string of the molecule is O=C(O)CCCc1cn(CC(=O)O)c2c(C=Cc3ccc(OCCCCOc4cccc(F)c4)cc3)cccc12. The van der Waals surface area contributed by atoms with E-state index in [1.807, 2.05) is 60.8 Å². The van der Waals surface area contributed by atoms with Crippen molar-refractivity contribution in [3.8, 4) is 11.5 Å². The van der Waals surface area contributed by atoms with E-state index in [-0.39, 0.29) is 18.8 Å². The van der Waals surface area contributed by atoms with Crippen LogP contribution in [0.2, 0.25) is 0 Å². The molecule has 0 saturated heterocycles. The van der Waals surface area contributed by atoms with Gasteiger partial charge in [0.2, 0.25) is 0 Å². The summed E-state index contributed by atoms with van der Waals surface area (Å²) in [5.74, 6) is -0.828. The monoisotopic (exact) mass is 545 g/mol. The predicted octanol–water partition coefficient (Wildman–Crippen LogP) is 6.68. The molecular formula is C32H32FNO6. The summed E-state index contributed by atoms with van der Waals surface area (Å²) in [6, 6.07) is 19.6. The standard InChI is InChI=1S/C32H32FNO6/c33-26-8-5-9-28(20-26)40-19-2-1-18-39-27-16-13-23(14-17-27)12-15-24-6-3-10-29-25(7-4-11-30(35)36)21-34(32(24)29)22-31(37)38/h3,5-6,8-10,12-17,20-21H,1-2,4,7,11,18-19,22H2,(H,35,36)(H,37,38). The largest absolute Gasteiger partial charge is 0.494 e. The molecule has 4 aromatic rings. The molecule has 208 valence electrons. The zero-order valence-electron chi connectivity index (χ0n) is 22.1. The zero-order valence-corrected chi connectivity index (χ0v) is 22.1. The number of benzene rings is 3. The molecule has 0 saturated carbocycles. The topological polar surface area (TPSA) is 98.0 Å². The quantitative estimate of drug-likeness (QED) is 0.128. The Hall–Kier alpha value is -4.59. The third kappa shape index (κ3) is 8.20. The summed E-state index contributed by atoms with van der Waals surface area (Å²) in [6.45, 7) is 0.852. The molecule has 0 aliphatic heterocycles. The van der Waals surface area contributed by atoms with Crippen molar-refractivity contribution in [2.24, 2.45) is 0 Å². The van der Waals surface area contributed by atoms with Crippen molar-refractivity contribution in [2.75, 3.05) is 13.2 Å². The number of aromatic nitrogens is 1. The molecule has 1 aromatic heterocycles. The van der Waals surface area contributed by atoms with Crippen LogP contribution in [0.4, 0.5) is 4.39 Å². The first-order valence-corrected chi connectivity index (χ1v) is 13.2. The van der Waals surface area contributed by atoms with Gasteiger partial charge >= 0.3 is 11.9 Å². The third-order valence-corrected chi connectivity index (χ3v) is 6.36. The molecule has 0 fully saturated rings. The van der Waals surface area contributed by atoms with Crippen molar-refractivity contribution in [1.29, 1.82) is 0 Å². The van der Waals surface area contributed by atoms with E-state index >= 15 is 0 Å². The summed E-state index contributed by atoms with van der Waals surface area (Å²) in [4.78, 5) is 22.4. The van der Waals surface area contributed by atoms with Gasteiger partial charge in [-0.05, 0) is 66.6 Å². The van der Waals surface area contributed by atoms with E-state index in [9.17, 15) is 19.1 Å². The molecule has 0 amide bonds. The van der Waals surface area contributed by atoms with Gasteiger partial charge in [-0.15, -0.1) is 0 Å². The summed E-state index contributed by atoms with van der Waals surface area (Å²) in [6.07, 6.45) is 8.43. The highest BCUT2D eigenvalue weighted by Gasteiger charge is 2.13. The van der Waals surface area contributed by atoms with Gasteiger partial charge in [0.15, 0.2) is 0 Å². The van der Waals surface area contributed by atoms with Gasteiger partial charge in [-0.3, -0.25) is 9.59 Å². The summed E-state index contributed by atoms with van der Waals surface area (Å²) in [7, 11) is 0. The van der Waals surface area contributed by atoms with E-state index in [4.69, 9.17) is 14.6 Å². The average molecular weight is 546 g/mol. The minimum absolute atomic E-state index is 0.0654. The number of aliphatic carboxylic acids is 2. The molecule has 3 aromatic carbocycles. The highest BCUT2D eigenvalue weighted by Crippen LogP contribution is 2.28. The summed E-state index contributed by atoms with van der Waals surface area (Å²) < 4.78 is 26.3. The first-order chi connectivity index (χ1) is 19.4. The Bertz CT molecular complexity index is 1470. The van der Waals surface area contributed by atoms with Crippen molar-refractivity contribution >= 4 is 35.0 Å². The number of halogens is 1. The molecule has 0 spiro atoms. The van der Waals surface area contributed by atoms with E-state index < -0.39 is 11.9 Å². The fourth-order valence-electron chi connectivity index (χ4n) is 4.50. The maximum Gasteiger partial charge on any atom is 0.323 e. The van der Waals surface area contributed by atoms with Gasteiger partial charge in [-0.25, -0.2) is 4.39 Å². The van der Waals surface area contributed by atoms with Crippen LogP contribution in [0.25, 0.3) is 23.1 Å². The van der Waals surface area contributed by atoms with Crippen LogP contribution in [-0.2, 0) is 22.6 Å².